The zero-order chi connectivity index (χ0) is 52.4. The Hall–Kier alpha value is -3.12. The second-order valence-electron chi connectivity index (χ2n) is 17.7. The third-order valence-electron chi connectivity index (χ3n) is 11.5. The quantitative estimate of drug-likeness (QED) is 0.0773. The van der Waals surface area contributed by atoms with Crippen molar-refractivity contribution in [3.63, 3.8) is 0 Å². The molecule has 0 amide bonds. The number of β-amino-alcohol motifs (C(OH)–C–C–N with tert-alkyl or cyclic N) is 2. The zero-order valence-corrected chi connectivity index (χ0v) is 41.7. The van der Waals surface area contributed by atoms with E-state index in [1.165, 1.54) is 29.4 Å². The van der Waals surface area contributed by atoms with Crippen LogP contribution < -0.4 is 40.0 Å². The minimum absolute atomic E-state index is 0.00205. The third-order valence-corrected chi connectivity index (χ3v) is 13.0. The predicted octanol–water partition coefficient (Wildman–Crippen LogP) is -11.5. The molecule has 2 atom stereocenters. The maximum Gasteiger partial charge on any atom is 0.105 e. The normalized spacial score (nSPS) is 20.2. The number of aliphatic carboxylic acids is 4. The highest BCUT2D eigenvalue weighted by molar-refractivity contribution is 7.48. The standard InChI is InChI=1S/C42H76N8O19P2/c51-36(22-43-6-10-45(24-39(53)54)14-18-49(33-70(61,62)63)19-15-46(11-7-43)25-40(55)56)29-67-31-38(69-28-35-4-2-1-3-5-35)32-68-30-37(52)23-44-8-12-47(26-41(57)58)16-20-50(34-71(64,65)66)21-17-48(13-9-44)27-42(59)60/h1-5,36-38,51-52H,6-34H2,(H,53,54)(H,55,56)(H,57,58)(H,59,60)(H2,61,62,63)(H2,64,65,66)/p-8. The summed E-state index contributed by atoms with van der Waals surface area (Å²) in [6, 6.07) is 9.22. The van der Waals surface area contributed by atoms with Gasteiger partial charge >= 0.3 is 0 Å². The predicted molar refractivity (Wildman–Crippen MR) is 235 cm³/mol. The third kappa shape index (κ3) is 30.6. The van der Waals surface area contributed by atoms with Crippen LogP contribution in [0.25, 0.3) is 0 Å². The molecule has 0 bridgehead atoms. The molecule has 2 N–H and O–H groups in total. The van der Waals surface area contributed by atoms with Crippen molar-refractivity contribution in [2.75, 3.05) is 183 Å². The molecule has 2 aliphatic rings. The van der Waals surface area contributed by atoms with E-state index in [9.17, 15) is 78.5 Å². The van der Waals surface area contributed by atoms with Gasteiger partial charge in [-0.2, -0.15) is 0 Å². The Balaban J connectivity index is 1.64. The maximum absolute atomic E-state index is 11.6. The summed E-state index contributed by atoms with van der Waals surface area (Å²) in [5, 5.41) is 68.6. The number of carbonyl (C=O) groups is 4. The average Bonchev–Trinajstić information content (AvgIpc) is 3.25. The first-order valence-electron chi connectivity index (χ1n) is 23.3. The van der Waals surface area contributed by atoms with E-state index >= 15 is 0 Å². The molecule has 2 heterocycles. The van der Waals surface area contributed by atoms with E-state index in [0.717, 1.165) is 5.56 Å². The largest absolute Gasteiger partial charge is 0.810 e. The number of carboxylic acids is 4. The zero-order valence-electron chi connectivity index (χ0n) is 39.9. The molecule has 2 aliphatic heterocycles. The van der Waals surface area contributed by atoms with Crippen LogP contribution in [0.3, 0.4) is 0 Å². The monoisotopic (exact) mass is 1050 g/mol. The van der Waals surface area contributed by atoms with E-state index in [0.29, 0.717) is 0 Å². The van der Waals surface area contributed by atoms with Gasteiger partial charge in [-0.15, -0.1) is 0 Å². The van der Waals surface area contributed by atoms with Gasteiger partial charge in [0.2, 0.25) is 0 Å². The number of ether oxygens (including phenoxy) is 3. The summed E-state index contributed by atoms with van der Waals surface area (Å²) < 4.78 is 41.1. The Kier molecular flexibility index (Phi) is 28.8. The molecule has 408 valence electrons. The second-order valence-corrected chi connectivity index (χ2v) is 20.7. The number of benzene rings is 1. The Morgan fingerprint density at radius 2 is 0.746 bits per heavy atom. The van der Waals surface area contributed by atoms with Gasteiger partial charge in [-0.25, -0.2) is 0 Å². The summed E-state index contributed by atoms with van der Waals surface area (Å²) in [7, 11) is -9.99. The van der Waals surface area contributed by atoms with Crippen molar-refractivity contribution in [2.24, 2.45) is 0 Å². The Labute approximate surface area is 413 Å². The Morgan fingerprint density at radius 1 is 0.465 bits per heavy atom. The Bertz CT molecular complexity index is 1650. The van der Waals surface area contributed by atoms with Crippen LogP contribution in [0.1, 0.15) is 5.56 Å². The van der Waals surface area contributed by atoms with E-state index in [-0.39, 0.29) is 151 Å². The van der Waals surface area contributed by atoms with Gasteiger partial charge in [-0.1, -0.05) is 45.5 Å². The first-order chi connectivity index (χ1) is 33.5. The van der Waals surface area contributed by atoms with Crippen molar-refractivity contribution in [3.8, 4) is 0 Å². The molecule has 0 saturated carbocycles. The fourth-order valence-corrected chi connectivity index (χ4v) is 9.51. The summed E-state index contributed by atoms with van der Waals surface area (Å²) in [4.78, 5) is 105. The second kappa shape index (κ2) is 32.9. The Morgan fingerprint density at radius 3 is 1.03 bits per heavy atom. The summed E-state index contributed by atoms with van der Waals surface area (Å²) in [5.41, 5.74) is 0.844. The van der Waals surface area contributed by atoms with E-state index in [1.807, 2.05) is 30.3 Å². The molecule has 0 aromatic heterocycles. The summed E-state index contributed by atoms with van der Waals surface area (Å²) >= 11 is 0. The maximum atomic E-state index is 11.6. The van der Waals surface area contributed by atoms with Gasteiger partial charge in [0.25, 0.3) is 0 Å². The van der Waals surface area contributed by atoms with E-state index in [4.69, 9.17) is 14.2 Å². The number of aliphatic hydroxyl groups is 2. The van der Waals surface area contributed by atoms with Crippen LogP contribution in [0.2, 0.25) is 0 Å². The first kappa shape index (κ1) is 62.2. The number of nitrogens with zero attached hydrogens (tertiary/aromatic N) is 8. The van der Waals surface area contributed by atoms with Crippen molar-refractivity contribution >= 4 is 39.1 Å². The molecule has 2 saturated heterocycles. The fraction of sp³-hybridized carbons (Fsp3) is 0.762. The van der Waals surface area contributed by atoms with Gasteiger partial charge in [-0.05, 0) is 5.56 Å². The number of carbonyl (C=O) groups excluding carboxylic acids is 4. The summed E-state index contributed by atoms with van der Waals surface area (Å²) in [5.74, 6) is -5.50. The molecule has 2 unspecified atom stereocenters. The average molecular weight is 1050 g/mol. The molecular formula is C42H68N8O19P2-8. The topological polar surface area (TPSA) is 381 Å². The molecule has 1 aromatic rings. The van der Waals surface area contributed by atoms with Gasteiger partial charge < -0.3 is 92.7 Å². The molecule has 0 aliphatic carbocycles. The van der Waals surface area contributed by atoms with E-state index in [1.54, 1.807) is 9.80 Å². The SMILES string of the molecule is O=C([O-])CN1CCN(CC(O)COCC(COCC(O)CN2CCN(CC(=O)[O-])CCN(CP(=O)([O-])[O-])CCN(CC(=O)[O-])CC2)OCc2ccccc2)CCN(CC(=O)[O-])CCN(CP(=O)([O-])[O-])CC1. The highest BCUT2D eigenvalue weighted by Gasteiger charge is 2.23. The molecule has 29 heteroatoms. The lowest BCUT2D eigenvalue weighted by Gasteiger charge is -2.39. The molecule has 0 radical (unpaired) electrons. The van der Waals surface area contributed by atoms with Crippen LogP contribution in [0.4, 0.5) is 0 Å². The van der Waals surface area contributed by atoms with Crippen molar-refractivity contribution in [1.82, 2.24) is 39.2 Å². The number of carboxylic acid groups (broad SMARTS) is 4. The number of hydrogen-bond acceptors (Lipinski definition) is 27. The summed E-state index contributed by atoms with van der Waals surface area (Å²) in [6.07, 6.45) is -4.55. The van der Waals surface area contributed by atoms with Crippen LogP contribution in [0.5, 0.6) is 0 Å². The lowest BCUT2D eigenvalue weighted by Crippen LogP contribution is -2.51. The smallest absolute Gasteiger partial charge is 0.105 e. The molecule has 2 fully saturated rings. The van der Waals surface area contributed by atoms with Crippen molar-refractivity contribution in [2.45, 2.75) is 24.9 Å². The lowest BCUT2D eigenvalue weighted by atomic mass is 10.2. The van der Waals surface area contributed by atoms with Crippen LogP contribution in [0, 0.1) is 0 Å². The molecule has 1 aromatic carbocycles. The van der Waals surface area contributed by atoms with Gasteiger partial charge in [0.05, 0.1) is 69.1 Å². The van der Waals surface area contributed by atoms with Crippen molar-refractivity contribution < 1.29 is 92.7 Å². The lowest BCUT2D eigenvalue weighted by molar-refractivity contribution is -0.317. The molecular weight excluding hydrogens is 982 g/mol. The van der Waals surface area contributed by atoms with E-state index in [2.05, 4.69) is 0 Å². The van der Waals surface area contributed by atoms with Gasteiger partial charge in [0.15, 0.2) is 0 Å². The molecule has 0 spiro atoms. The number of hydrogen-bond donors (Lipinski definition) is 2. The van der Waals surface area contributed by atoms with Gasteiger partial charge in [0, 0.05) is 157 Å². The van der Waals surface area contributed by atoms with Crippen molar-refractivity contribution in [1.29, 1.82) is 0 Å². The highest BCUT2D eigenvalue weighted by atomic mass is 31.2. The number of rotatable bonds is 27. The minimum Gasteiger partial charge on any atom is -0.810 e. The van der Waals surface area contributed by atoms with Crippen LogP contribution in [0.15, 0.2) is 30.3 Å². The van der Waals surface area contributed by atoms with Crippen LogP contribution >= 0.6 is 15.2 Å². The highest BCUT2D eigenvalue weighted by Crippen LogP contribution is 2.25. The van der Waals surface area contributed by atoms with Crippen LogP contribution in [-0.4, -0.2) is 275 Å². The summed E-state index contributed by atoms with van der Waals surface area (Å²) in [6.45, 7) is -0.692. The molecule has 3 rings (SSSR count). The fourth-order valence-electron chi connectivity index (χ4n) is 7.96. The van der Waals surface area contributed by atoms with Gasteiger partial charge in [0.1, 0.15) is 6.10 Å². The first-order valence-corrected chi connectivity index (χ1v) is 26.7. The molecule has 71 heavy (non-hydrogen) atoms. The molecule has 27 nitrogen and oxygen atoms in total. The minimum atomic E-state index is -5.00. The van der Waals surface area contributed by atoms with Gasteiger partial charge in [-0.3, -0.25) is 39.2 Å². The van der Waals surface area contributed by atoms with Crippen molar-refractivity contribution in [3.05, 3.63) is 35.9 Å². The van der Waals surface area contributed by atoms with E-state index < -0.39 is 96.1 Å². The van der Waals surface area contributed by atoms with Crippen LogP contribution in [-0.2, 0) is 49.1 Å². The number of aliphatic hydroxyl groups excluding tert-OH is 2.